The first-order valence-corrected chi connectivity index (χ1v) is 23.8. The van der Waals surface area contributed by atoms with Crippen LogP contribution in [0.25, 0.3) is 22.1 Å². The van der Waals surface area contributed by atoms with Crippen LogP contribution in [0.2, 0.25) is 0 Å². The van der Waals surface area contributed by atoms with Gasteiger partial charge in [0.05, 0.1) is 23.3 Å². The van der Waals surface area contributed by atoms with Crippen LogP contribution in [0, 0.1) is 87.9 Å². The second-order valence-corrected chi connectivity index (χ2v) is 18.9. The minimum Gasteiger partial charge on any atom is -0.481 e. The molecule has 350 valence electrons. The van der Waals surface area contributed by atoms with Gasteiger partial charge in [-0.05, 0) is 157 Å². The lowest BCUT2D eigenvalue weighted by Gasteiger charge is -2.15. The van der Waals surface area contributed by atoms with E-state index >= 15 is 0 Å². The number of pyridine rings is 2. The predicted molar refractivity (Wildman–Crippen MR) is 262 cm³/mol. The number of terminal acetylenes is 2. The molecule has 0 bridgehead atoms. The molecule has 0 aliphatic rings. The molecular formula is C52H50N4O10S2. The van der Waals surface area contributed by atoms with Gasteiger partial charge in [-0.1, -0.05) is 19.6 Å². The Balaban J connectivity index is 0.000000300. The molecule has 14 nitrogen and oxygen atoms in total. The predicted octanol–water partition coefficient (Wildman–Crippen LogP) is 6.17. The molecule has 2 aromatic carbocycles. The summed E-state index contributed by atoms with van der Waals surface area (Å²) in [5, 5.41) is 10.8. The van der Waals surface area contributed by atoms with Gasteiger partial charge in [-0.15, -0.1) is 12.8 Å². The van der Waals surface area contributed by atoms with Crippen LogP contribution in [0.1, 0.15) is 58.1 Å². The van der Waals surface area contributed by atoms with E-state index in [1.54, 1.807) is 60.9 Å². The summed E-state index contributed by atoms with van der Waals surface area (Å²) in [6.07, 6.45) is 15.3. The van der Waals surface area contributed by atoms with E-state index in [1.165, 1.54) is 19.6 Å². The number of hydrogen-bond donors (Lipinski definition) is 1. The number of carbonyl (C=O) groups excluding carboxylic acids is 2. The van der Waals surface area contributed by atoms with Crippen LogP contribution in [0.3, 0.4) is 0 Å². The molecule has 6 aromatic rings. The van der Waals surface area contributed by atoms with Gasteiger partial charge in [0.1, 0.15) is 23.8 Å². The highest BCUT2D eigenvalue weighted by Gasteiger charge is 2.30. The average molecular weight is 955 g/mol. The zero-order valence-electron chi connectivity index (χ0n) is 37.8. The first-order chi connectivity index (χ1) is 31.8. The highest BCUT2D eigenvalue weighted by molar-refractivity contribution is 7.91. The van der Waals surface area contributed by atoms with Gasteiger partial charge in [-0.3, -0.25) is 14.4 Å². The van der Waals surface area contributed by atoms with Crippen molar-refractivity contribution in [3.8, 4) is 60.2 Å². The highest BCUT2D eigenvalue weighted by atomic mass is 32.2. The smallest absolute Gasteiger partial charge is 0.316 e. The van der Waals surface area contributed by atoms with Crippen LogP contribution in [-0.2, 0) is 63.0 Å². The van der Waals surface area contributed by atoms with Crippen LogP contribution in [0.15, 0.2) is 82.8 Å². The Morgan fingerprint density at radius 2 is 1.19 bits per heavy atom. The molecule has 0 aliphatic heterocycles. The van der Waals surface area contributed by atoms with Crippen molar-refractivity contribution in [3.05, 3.63) is 118 Å². The Hall–Kier alpha value is -8.07. The molecule has 0 amide bonds. The summed E-state index contributed by atoms with van der Waals surface area (Å²) >= 11 is 0. The SMILES string of the molecule is C.C#CC#CC#CC#CC#C.COC(=O)C(COC=O)c1c(C)n(Cc2ccc(S(C)(=O)=O)cc2C)c2ncccc12.Cc1cc(S(C)(=O)=O)ccc1Cn1c(C)c(CC(=O)O)c2cccnc21. The van der Waals surface area contributed by atoms with Crippen molar-refractivity contribution in [2.75, 3.05) is 26.2 Å². The van der Waals surface area contributed by atoms with Gasteiger partial charge in [0.15, 0.2) is 19.7 Å². The summed E-state index contributed by atoms with van der Waals surface area (Å²) in [6.45, 7) is 8.56. The van der Waals surface area contributed by atoms with Crippen molar-refractivity contribution < 1.29 is 45.8 Å². The van der Waals surface area contributed by atoms with Gasteiger partial charge in [0.25, 0.3) is 6.47 Å². The van der Waals surface area contributed by atoms with Gasteiger partial charge < -0.3 is 23.7 Å². The third kappa shape index (κ3) is 13.7. The molecule has 0 radical (unpaired) electrons. The Labute approximate surface area is 398 Å². The molecule has 0 aliphatic carbocycles. The monoisotopic (exact) mass is 954 g/mol. The van der Waals surface area contributed by atoms with E-state index in [0.29, 0.717) is 30.8 Å². The summed E-state index contributed by atoms with van der Waals surface area (Å²) in [7, 11) is -5.26. The summed E-state index contributed by atoms with van der Waals surface area (Å²) in [5.74, 6) is 16.2. The topological polar surface area (TPSA) is 194 Å². The lowest BCUT2D eigenvalue weighted by molar-refractivity contribution is -0.145. The van der Waals surface area contributed by atoms with Crippen molar-refractivity contribution in [3.63, 3.8) is 0 Å². The minimum atomic E-state index is -3.30. The summed E-state index contributed by atoms with van der Waals surface area (Å²) in [6, 6.07) is 17.4. The number of ether oxygens (including phenoxy) is 2. The molecule has 1 unspecified atom stereocenters. The van der Waals surface area contributed by atoms with E-state index in [-0.39, 0.29) is 30.2 Å². The number of aromatic nitrogens is 4. The zero-order chi connectivity index (χ0) is 49.5. The maximum atomic E-state index is 12.5. The Morgan fingerprint density at radius 3 is 1.62 bits per heavy atom. The van der Waals surface area contributed by atoms with Crippen LogP contribution in [-0.4, -0.2) is 85.7 Å². The Morgan fingerprint density at radius 1 is 0.735 bits per heavy atom. The van der Waals surface area contributed by atoms with E-state index in [0.717, 1.165) is 55.6 Å². The van der Waals surface area contributed by atoms with Gasteiger partial charge in [-0.25, -0.2) is 26.8 Å². The number of rotatable bonds is 13. The molecule has 0 saturated heterocycles. The second kappa shape index (κ2) is 24.5. The number of carboxylic acid groups (broad SMARTS) is 1. The maximum Gasteiger partial charge on any atom is 0.316 e. The number of methoxy groups -OCH3 is 1. The Kier molecular flexibility index (Phi) is 19.5. The van der Waals surface area contributed by atoms with Crippen molar-refractivity contribution in [2.45, 2.75) is 70.3 Å². The quantitative estimate of drug-likeness (QED) is 0.0788. The molecule has 68 heavy (non-hydrogen) atoms. The minimum absolute atomic E-state index is 0. The molecule has 1 atom stereocenters. The molecule has 0 spiro atoms. The van der Waals surface area contributed by atoms with E-state index in [9.17, 15) is 36.3 Å². The van der Waals surface area contributed by atoms with Crippen LogP contribution >= 0.6 is 0 Å². The van der Waals surface area contributed by atoms with E-state index in [1.807, 2.05) is 49.0 Å². The lowest BCUT2D eigenvalue weighted by Crippen LogP contribution is -2.20. The number of hydrogen-bond acceptors (Lipinski definition) is 11. The Bertz CT molecular complexity index is 3350. The fourth-order valence-corrected chi connectivity index (χ4v) is 8.54. The van der Waals surface area contributed by atoms with E-state index in [4.69, 9.17) is 22.3 Å². The summed E-state index contributed by atoms with van der Waals surface area (Å²) in [4.78, 5) is 43.9. The number of fused-ring (bicyclic) bond motifs is 2. The van der Waals surface area contributed by atoms with Crippen molar-refractivity contribution in [2.24, 2.45) is 0 Å². The number of esters is 1. The molecule has 1 N–H and O–H groups in total. The molecule has 4 heterocycles. The van der Waals surface area contributed by atoms with Gasteiger partial charge in [0.2, 0.25) is 0 Å². The molecule has 0 saturated carbocycles. The third-order valence-corrected chi connectivity index (χ3v) is 12.6. The summed E-state index contributed by atoms with van der Waals surface area (Å²) < 4.78 is 60.9. The number of carbonyl (C=O) groups is 3. The molecule has 0 fully saturated rings. The largest absolute Gasteiger partial charge is 0.481 e. The number of benzene rings is 2. The van der Waals surface area contributed by atoms with Gasteiger partial charge in [-0.2, -0.15) is 0 Å². The number of sulfone groups is 2. The van der Waals surface area contributed by atoms with Gasteiger partial charge in [0, 0.05) is 60.2 Å². The van der Waals surface area contributed by atoms with Crippen molar-refractivity contribution >= 4 is 60.2 Å². The number of aryl methyl sites for hydroxylation is 2. The van der Waals surface area contributed by atoms with E-state index < -0.39 is 37.5 Å². The van der Waals surface area contributed by atoms with Crippen LogP contribution in [0.5, 0.6) is 0 Å². The normalized spacial score (nSPS) is 10.7. The van der Waals surface area contributed by atoms with Crippen LogP contribution < -0.4 is 0 Å². The molecule has 4 aromatic heterocycles. The molecular weight excluding hydrogens is 905 g/mol. The zero-order valence-corrected chi connectivity index (χ0v) is 39.4. The number of aliphatic carboxylic acids is 1. The molecule has 6 rings (SSSR count). The number of nitrogens with zero attached hydrogens (tertiary/aromatic N) is 4. The third-order valence-electron chi connectivity index (χ3n) is 10.4. The number of carboxylic acids is 1. The standard InChI is InChI=1S/C22H24N2O6S.C19H20N2O4S.C10H2.CH4/c1-14-10-17(31(4,27)28)8-7-16(14)11-24-15(2)20(18-6-5-9-23-21(18)24)19(12-30-13-25)22(26)29-3;1-12-9-15(26(3,24)25)7-6-14(12)11-21-13(2)17(10-18(22)23)16-5-4-8-20-19(16)21;1-3-5-7-9-10-8-6-4-2;/h5-10,13,19H,11-12H2,1-4H3;4-9H,10-11H2,1-3H3,(H,22,23);1-2H;1H4. The summed E-state index contributed by atoms with van der Waals surface area (Å²) in [5.41, 5.74) is 8.05. The second-order valence-electron chi connectivity index (χ2n) is 14.8. The highest BCUT2D eigenvalue weighted by Crippen LogP contribution is 2.33. The van der Waals surface area contributed by atoms with Crippen LogP contribution in [0.4, 0.5) is 0 Å². The van der Waals surface area contributed by atoms with Crippen molar-refractivity contribution in [1.82, 2.24) is 19.1 Å². The maximum absolute atomic E-state index is 12.5. The fourth-order valence-electron chi connectivity index (χ4n) is 7.12. The average Bonchev–Trinajstić information content (AvgIpc) is 3.70. The van der Waals surface area contributed by atoms with E-state index in [2.05, 4.69) is 57.3 Å². The first-order valence-electron chi connectivity index (χ1n) is 20.0. The lowest BCUT2D eigenvalue weighted by atomic mass is 9.97. The first kappa shape index (κ1) is 54.3. The molecule has 16 heteroatoms. The fraction of sp³-hybridized carbons (Fsp3) is 0.250. The van der Waals surface area contributed by atoms with Crippen molar-refractivity contribution in [1.29, 1.82) is 0 Å². The van der Waals surface area contributed by atoms with Gasteiger partial charge >= 0.3 is 11.9 Å².